The Morgan fingerprint density at radius 1 is 1.47 bits per heavy atom. The molecular weight excluding hydrogens is 214 g/mol. The van der Waals surface area contributed by atoms with Crippen LogP contribution >= 0.6 is 0 Å². The van der Waals surface area contributed by atoms with Crippen LogP contribution in [0, 0.1) is 23.7 Å². The molecule has 0 saturated heterocycles. The molecular formula is C13H19N3O. The molecule has 0 aromatic carbocycles. The lowest BCUT2D eigenvalue weighted by Crippen LogP contribution is -2.10. The van der Waals surface area contributed by atoms with Crippen molar-refractivity contribution in [3.8, 4) is 11.8 Å². The highest BCUT2D eigenvalue weighted by Crippen LogP contribution is 2.22. The van der Waals surface area contributed by atoms with Crippen molar-refractivity contribution in [1.29, 1.82) is 5.26 Å². The zero-order valence-corrected chi connectivity index (χ0v) is 10.7. The van der Waals surface area contributed by atoms with Crippen molar-refractivity contribution in [2.45, 2.75) is 33.6 Å². The van der Waals surface area contributed by atoms with E-state index in [0.29, 0.717) is 18.2 Å². The molecule has 0 radical (unpaired) electrons. The number of hydrogen-bond acceptors (Lipinski definition) is 4. The van der Waals surface area contributed by atoms with E-state index in [4.69, 9.17) is 15.7 Å². The Kier molecular flexibility index (Phi) is 4.33. The van der Waals surface area contributed by atoms with Crippen molar-refractivity contribution in [2.75, 3.05) is 12.3 Å². The number of nitrogens with zero attached hydrogens (tertiary/aromatic N) is 2. The first-order valence-corrected chi connectivity index (χ1v) is 5.72. The van der Waals surface area contributed by atoms with Crippen LogP contribution in [0.3, 0.4) is 0 Å². The average molecular weight is 233 g/mol. The van der Waals surface area contributed by atoms with E-state index in [1.165, 1.54) is 0 Å². The predicted octanol–water partition coefficient (Wildman–Crippen LogP) is 2.68. The van der Waals surface area contributed by atoms with Gasteiger partial charge < -0.3 is 10.5 Å². The van der Waals surface area contributed by atoms with Crippen LogP contribution in [0.25, 0.3) is 0 Å². The number of pyridine rings is 1. The summed E-state index contributed by atoms with van der Waals surface area (Å²) in [5.41, 5.74) is 6.31. The highest BCUT2D eigenvalue weighted by Gasteiger charge is 2.15. The van der Waals surface area contributed by atoms with Crippen LogP contribution in [0.4, 0.5) is 5.82 Å². The molecule has 0 saturated carbocycles. The molecule has 0 spiro atoms. The SMILES string of the molecule is Cc1ccc(OCCCC(C)(C)C#N)c(N)n1. The number of aryl methyl sites for hydroxylation is 1. The summed E-state index contributed by atoms with van der Waals surface area (Å²) in [5.74, 6) is 1.04. The summed E-state index contributed by atoms with van der Waals surface area (Å²) in [6.07, 6.45) is 1.64. The van der Waals surface area contributed by atoms with Crippen LogP contribution < -0.4 is 10.5 Å². The molecule has 4 nitrogen and oxygen atoms in total. The third kappa shape index (κ3) is 4.31. The summed E-state index contributed by atoms with van der Waals surface area (Å²) in [7, 11) is 0. The Morgan fingerprint density at radius 3 is 2.76 bits per heavy atom. The monoisotopic (exact) mass is 233 g/mol. The number of anilines is 1. The van der Waals surface area contributed by atoms with E-state index >= 15 is 0 Å². The van der Waals surface area contributed by atoms with Gasteiger partial charge in [0.25, 0.3) is 0 Å². The number of hydrogen-bond donors (Lipinski definition) is 1. The Labute approximate surface area is 102 Å². The van der Waals surface area contributed by atoms with Gasteiger partial charge in [0.2, 0.25) is 0 Å². The van der Waals surface area contributed by atoms with Crippen molar-refractivity contribution >= 4 is 5.82 Å². The summed E-state index contributed by atoms with van der Waals surface area (Å²) in [4.78, 5) is 4.12. The van der Waals surface area contributed by atoms with Crippen LogP contribution in [-0.4, -0.2) is 11.6 Å². The first-order chi connectivity index (χ1) is 7.94. The summed E-state index contributed by atoms with van der Waals surface area (Å²) in [6, 6.07) is 5.96. The lowest BCUT2D eigenvalue weighted by molar-refractivity contribution is 0.284. The molecule has 2 N–H and O–H groups in total. The van der Waals surface area contributed by atoms with Gasteiger partial charge in [-0.15, -0.1) is 0 Å². The van der Waals surface area contributed by atoms with Crippen molar-refractivity contribution in [3.05, 3.63) is 17.8 Å². The van der Waals surface area contributed by atoms with Gasteiger partial charge in [0, 0.05) is 5.69 Å². The van der Waals surface area contributed by atoms with Gasteiger partial charge in [-0.1, -0.05) is 0 Å². The highest BCUT2D eigenvalue weighted by atomic mass is 16.5. The van der Waals surface area contributed by atoms with E-state index in [9.17, 15) is 0 Å². The topological polar surface area (TPSA) is 71.9 Å². The van der Waals surface area contributed by atoms with Crippen LogP contribution in [-0.2, 0) is 0 Å². The zero-order chi connectivity index (χ0) is 12.9. The molecule has 0 aliphatic carbocycles. The molecule has 1 aromatic heterocycles. The van der Waals surface area contributed by atoms with Crippen LogP contribution in [0.2, 0.25) is 0 Å². The summed E-state index contributed by atoms with van der Waals surface area (Å²) in [6.45, 7) is 6.29. The van der Waals surface area contributed by atoms with Gasteiger partial charge in [0.15, 0.2) is 11.6 Å². The lowest BCUT2D eigenvalue weighted by atomic mass is 9.90. The molecule has 1 rings (SSSR count). The standard InChI is InChI=1S/C13H19N3O/c1-10-5-6-11(12(15)16-10)17-8-4-7-13(2,3)9-14/h5-6H,4,7-8H2,1-3H3,(H2,15,16). The van der Waals surface area contributed by atoms with E-state index < -0.39 is 0 Å². The summed E-state index contributed by atoms with van der Waals surface area (Å²) >= 11 is 0. The van der Waals surface area contributed by atoms with E-state index in [1.54, 1.807) is 0 Å². The summed E-state index contributed by atoms with van der Waals surface area (Å²) < 4.78 is 5.53. The summed E-state index contributed by atoms with van der Waals surface area (Å²) in [5, 5.41) is 8.86. The minimum Gasteiger partial charge on any atom is -0.490 e. The van der Waals surface area contributed by atoms with Gasteiger partial charge in [-0.3, -0.25) is 0 Å². The molecule has 0 atom stereocenters. The van der Waals surface area contributed by atoms with Crippen molar-refractivity contribution in [1.82, 2.24) is 4.98 Å². The number of rotatable bonds is 5. The number of ether oxygens (including phenoxy) is 1. The number of nitrogens with two attached hydrogens (primary N) is 1. The maximum absolute atomic E-state index is 8.86. The molecule has 0 aliphatic heterocycles. The fourth-order valence-electron chi connectivity index (χ4n) is 1.44. The normalized spacial score (nSPS) is 10.9. The molecule has 0 bridgehead atoms. The molecule has 1 heterocycles. The molecule has 1 aromatic rings. The number of nitrogen functional groups attached to an aromatic ring is 1. The van der Waals surface area contributed by atoms with E-state index in [2.05, 4.69) is 11.1 Å². The van der Waals surface area contributed by atoms with Gasteiger partial charge in [-0.05, 0) is 45.7 Å². The van der Waals surface area contributed by atoms with Gasteiger partial charge in [-0.2, -0.15) is 5.26 Å². The van der Waals surface area contributed by atoms with Gasteiger partial charge >= 0.3 is 0 Å². The van der Waals surface area contributed by atoms with Gasteiger partial charge in [0.05, 0.1) is 18.1 Å². The van der Waals surface area contributed by atoms with Gasteiger partial charge in [0.1, 0.15) is 0 Å². The Hall–Kier alpha value is -1.76. The van der Waals surface area contributed by atoms with Crippen LogP contribution in [0.15, 0.2) is 12.1 Å². The molecule has 92 valence electrons. The largest absolute Gasteiger partial charge is 0.490 e. The van der Waals surface area contributed by atoms with Crippen molar-refractivity contribution in [2.24, 2.45) is 5.41 Å². The molecule has 0 aliphatic rings. The number of aromatic nitrogens is 1. The van der Waals surface area contributed by atoms with Crippen LogP contribution in [0.5, 0.6) is 5.75 Å². The predicted molar refractivity (Wildman–Crippen MR) is 67.5 cm³/mol. The molecule has 4 heteroatoms. The first kappa shape index (κ1) is 13.3. The lowest BCUT2D eigenvalue weighted by Gasteiger charge is -2.15. The van der Waals surface area contributed by atoms with E-state index in [1.807, 2.05) is 32.9 Å². The smallest absolute Gasteiger partial charge is 0.166 e. The second kappa shape index (κ2) is 5.53. The van der Waals surface area contributed by atoms with Gasteiger partial charge in [-0.25, -0.2) is 4.98 Å². The maximum atomic E-state index is 8.86. The van der Waals surface area contributed by atoms with E-state index in [0.717, 1.165) is 18.5 Å². The zero-order valence-electron chi connectivity index (χ0n) is 10.7. The Balaban J connectivity index is 2.39. The van der Waals surface area contributed by atoms with Crippen LogP contribution in [0.1, 0.15) is 32.4 Å². The third-order valence-corrected chi connectivity index (χ3v) is 2.53. The second-order valence-corrected chi connectivity index (χ2v) is 4.78. The fraction of sp³-hybridized carbons (Fsp3) is 0.538. The second-order valence-electron chi connectivity index (χ2n) is 4.78. The molecule has 17 heavy (non-hydrogen) atoms. The van der Waals surface area contributed by atoms with E-state index in [-0.39, 0.29) is 5.41 Å². The van der Waals surface area contributed by atoms with Crippen molar-refractivity contribution < 1.29 is 4.74 Å². The quantitative estimate of drug-likeness (QED) is 0.793. The molecule has 0 unspecified atom stereocenters. The fourth-order valence-corrected chi connectivity index (χ4v) is 1.44. The molecule has 0 fully saturated rings. The minimum absolute atomic E-state index is 0.291. The first-order valence-electron chi connectivity index (χ1n) is 5.72. The highest BCUT2D eigenvalue weighted by molar-refractivity contribution is 5.46. The average Bonchev–Trinajstić information content (AvgIpc) is 2.27. The Morgan fingerprint density at radius 2 is 2.18 bits per heavy atom. The minimum atomic E-state index is -0.291. The third-order valence-electron chi connectivity index (χ3n) is 2.53. The number of nitriles is 1. The molecule has 0 amide bonds. The maximum Gasteiger partial charge on any atom is 0.166 e. The Bertz CT molecular complexity index is 421. The van der Waals surface area contributed by atoms with Crippen molar-refractivity contribution in [3.63, 3.8) is 0 Å².